The molecular formula is C17H17BrClN3O. The fourth-order valence-corrected chi connectivity index (χ4v) is 3.14. The van der Waals surface area contributed by atoms with Crippen LogP contribution in [-0.4, -0.2) is 30.3 Å². The lowest BCUT2D eigenvalue weighted by Crippen LogP contribution is -2.19. The van der Waals surface area contributed by atoms with E-state index < -0.39 is 0 Å². The second kappa shape index (κ2) is 8.30. The third-order valence-corrected chi connectivity index (χ3v) is 4.63. The molecule has 23 heavy (non-hydrogen) atoms. The Morgan fingerprint density at radius 3 is 2.74 bits per heavy atom. The number of pyridine rings is 1. The summed E-state index contributed by atoms with van der Waals surface area (Å²) < 4.78 is 0.861. The van der Waals surface area contributed by atoms with Crippen molar-refractivity contribution in [1.82, 2.24) is 4.98 Å². The van der Waals surface area contributed by atoms with E-state index in [2.05, 4.69) is 37.9 Å². The molecule has 120 valence electrons. The molecule has 1 atom stereocenters. The summed E-state index contributed by atoms with van der Waals surface area (Å²) in [5.41, 5.74) is 2.86. The van der Waals surface area contributed by atoms with Gasteiger partial charge in [0.1, 0.15) is 10.7 Å². The van der Waals surface area contributed by atoms with Gasteiger partial charge in [0.15, 0.2) is 0 Å². The molecule has 1 aromatic heterocycles. The minimum Gasteiger partial charge on any atom is -0.400 e. The van der Waals surface area contributed by atoms with Crippen molar-refractivity contribution in [1.29, 1.82) is 5.26 Å². The van der Waals surface area contributed by atoms with Crippen LogP contribution in [0.25, 0.3) is 0 Å². The Labute approximate surface area is 149 Å². The van der Waals surface area contributed by atoms with Crippen LogP contribution in [0.15, 0.2) is 41.1 Å². The minimum atomic E-state index is 0.486. The maximum Gasteiger partial charge on any atom is 0.106 e. The number of benzene rings is 1. The summed E-state index contributed by atoms with van der Waals surface area (Å²) in [6.45, 7) is 1.94. The minimum absolute atomic E-state index is 0.486. The summed E-state index contributed by atoms with van der Waals surface area (Å²) >= 11 is 9.48. The Bertz CT molecular complexity index is 700. The second-order valence-corrected chi connectivity index (χ2v) is 6.34. The maximum absolute atomic E-state index is 8.93. The van der Waals surface area contributed by atoms with Crippen LogP contribution in [0, 0.1) is 11.3 Å². The van der Waals surface area contributed by atoms with Crippen molar-refractivity contribution >= 4 is 33.2 Å². The monoisotopic (exact) mass is 393 g/mol. The molecule has 4 nitrogen and oxygen atoms in total. The molecule has 0 spiro atoms. The Balaban J connectivity index is 0.000000924. The molecule has 3 rings (SSSR count). The number of nitriles is 1. The summed E-state index contributed by atoms with van der Waals surface area (Å²) in [4.78, 5) is 6.60. The van der Waals surface area contributed by atoms with E-state index in [1.54, 1.807) is 6.07 Å². The number of aliphatic hydroxyl groups is 1. The highest BCUT2D eigenvalue weighted by molar-refractivity contribution is 9.10. The van der Waals surface area contributed by atoms with Crippen molar-refractivity contribution in [2.45, 2.75) is 12.3 Å². The molecule has 0 amide bonds. The average Bonchev–Trinajstić information content (AvgIpc) is 3.07. The Hall–Kier alpha value is -1.61. The first-order valence-corrected chi connectivity index (χ1v) is 8.35. The summed E-state index contributed by atoms with van der Waals surface area (Å²) in [6.07, 6.45) is 3.03. The number of aliphatic hydroxyl groups excluding tert-OH is 1. The van der Waals surface area contributed by atoms with Gasteiger partial charge >= 0.3 is 0 Å². The molecular weight excluding hydrogens is 378 g/mol. The van der Waals surface area contributed by atoms with Crippen molar-refractivity contribution in [2.75, 3.05) is 25.1 Å². The van der Waals surface area contributed by atoms with Gasteiger partial charge in [-0.2, -0.15) is 5.26 Å². The van der Waals surface area contributed by atoms with Crippen LogP contribution in [0.5, 0.6) is 0 Å². The predicted molar refractivity (Wildman–Crippen MR) is 95.8 cm³/mol. The predicted octanol–water partition coefficient (Wildman–Crippen LogP) is 3.97. The number of aromatic nitrogens is 1. The van der Waals surface area contributed by atoms with E-state index in [4.69, 9.17) is 22.0 Å². The van der Waals surface area contributed by atoms with Gasteiger partial charge in [0, 0.05) is 38.0 Å². The highest BCUT2D eigenvalue weighted by Crippen LogP contribution is 2.32. The van der Waals surface area contributed by atoms with E-state index in [9.17, 15) is 0 Å². The van der Waals surface area contributed by atoms with Gasteiger partial charge in [0.2, 0.25) is 0 Å². The Morgan fingerprint density at radius 1 is 1.35 bits per heavy atom. The number of nitrogens with zero attached hydrogens (tertiary/aromatic N) is 3. The van der Waals surface area contributed by atoms with E-state index in [1.807, 2.05) is 24.4 Å². The van der Waals surface area contributed by atoms with Gasteiger partial charge < -0.3 is 10.0 Å². The molecule has 1 aromatic carbocycles. The first-order chi connectivity index (χ1) is 11.2. The number of hydrogen-bond acceptors (Lipinski definition) is 4. The van der Waals surface area contributed by atoms with Gasteiger partial charge in [-0.05, 0) is 52.2 Å². The lowest BCUT2D eigenvalue weighted by Gasteiger charge is -2.19. The number of hydrogen-bond donors (Lipinski definition) is 1. The molecule has 1 N–H and O–H groups in total. The van der Waals surface area contributed by atoms with Gasteiger partial charge in [-0.15, -0.1) is 0 Å². The lowest BCUT2D eigenvalue weighted by molar-refractivity contribution is 0.399. The smallest absolute Gasteiger partial charge is 0.106 e. The molecule has 1 unspecified atom stereocenters. The van der Waals surface area contributed by atoms with E-state index >= 15 is 0 Å². The van der Waals surface area contributed by atoms with E-state index in [0.29, 0.717) is 16.5 Å². The summed E-state index contributed by atoms with van der Waals surface area (Å²) in [7, 11) is 1.00. The quantitative estimate of drug-likeness (QED) is 0.783. The molecule has 1 fully saturated rings. The highest BCUT2D eigenvalue weighted by Gasteiger charge is 2.24. The normalized spacial score (nSPS) is 16.5. The number of anilines is 1. The van der Waals surface area contributed by atoms with Gasteiger partial charge in [0.25, 0.3) is 0 Å². The third-order valence-electron chi connectivity index (χ3n) is 3.85. The summed E-state index contributed by atoms with van der Waals surface area (Å²) in [5, 5.41) is 16.4. The summed E-state index contributed by atoms with van der Waals surface area (Å²) in [6, 6.07) is 11.8. The van der Waals surface area contributed by atoms with Crippen LogP contribution in [0.3, 0.4) is 0 Å². The van der Waals surface area contributed by atoms with Crippen LogP contribution in [0.2, 0.25) is 5.02 Å². The number of halogens is 2. The zero-order valence-corrected chi connectivity index (χ0v) is 15.0. The van der Waals surface area contributed by atoms with Crippen LogP contribution in [0.1, 0.15) is 23.5 Å². The molecule has 2 heterocycles. The van der Waals surface area contributed by atoms with Gasteiger partial charge in [0.05, 0.1) is 10.6 Å². The molecule has 0 aliphatic carbocycles. The van der Waals surface area contributed by atoms with Crippen molar-refractivity contribution in [3.63, 3.8) is 0 Å². The molecule has 0 saturated carbocycles. The van der Waals surface area contributed by atoms with Gasteiger partial charge in [-0.25, -0.2) is 4.98 Å². The summed E-state index contributed by atoms with van der Waals surface area (Å²) in [5.74, 6) is 0.486. The van der Waals surface area contributed by atoms with Gasteiger partial charge in [-0.3, -0.25) is 0 Å². The zero-order valence-electron chi connectivity index (χ0n) is 12.7. The van der Waals surface area contributed by atoms with E-state index in [-0.39, 0.29) is 0 Å². The van der Waals surface area contributed by atoms with Gasteiger partial charge in [-0.1, -0.05) is 17.7 Å². The van der Waals surface area contributed by atoms with E-state index in [0.717, 1.165) is 36.9 Å². The average molecular weight is 395 g/mol. The SMILES string of the molecule is CO.N#Cc1ccc(N2CCC(c3ccc(Br)nc3)C2)cc1Cl. The maximum atomic E-state index is 8.93. The van der Waals surface area contributed by atoms with Crippen molar-refractivity contribution < 1.29 is 5.11 Å². The van der Waals surface area contributed by atoms with Crippen molar-refractivity contribution in [3.8, 4) is 6.07 Å². The van der Waals surface area contributed by atoms with Crippen LogP contribution >= 0.6 is 27.5 Å². The second-order valence-electron chi connectivity index (χ2n) is 5.12. The molecule has 1 aliphatic rings. The van der Waals surface area contributed by atoms with Crippen LogP contribution < -0.4 is 4.90 Å². The fourth-order valence-electron chi connectivity index (χ4n) is 2.69. The molecule has 0 bridgehead atoms. The first-order valence-electron chi connectivity index (χ1n) is 7.18. The molecule has 2 aromatic rings. The first kappa shape index (κ1) is 17.7. The lowest BCUT2D eigenvalue weighted by atomic mass is 10.0. The third kappa shape index (κ3) is 4.23. The van der Waals surface area contributed by atoms with Crippen LogP contribution in [-0.2, 0) is 0 Å². The zero-order chi connectivity index (χ0) is 16.8. The molecule has 6 heteroatoms. The molecule has 1 saturated heterocycles. The standard InChI is InChI=1S/C16H13BrClN3.CH4O/c17-16-4-2-12(9-20-16)13-5-6-21(10-13)14-3-1-11(8-19)15(18)7-14;1-2/h1-4,7,9,13H,5-6,10H2;2H,1H3. The van der Waals surface area contributed by atoms with Crippen molar-refractivity contribution in [2.24, 2.45) is 0 Å². The van der Waals surface area contributed by atoms with Crippen LogP contribution in [0.4, 0.5) is 5.69 Å². The topological polar surface area (TPSA) is 60.1 Å². The largest absolute Gasteiger partial charge is 0.400 e. The Morgan fingerprint density at radius 2 is 2.13 bits per heavy atom. The van der Waals surface area contributed by atoms with Crippen molar-refractivity contribution in [3.05, 3.63) is 57.3 Å². The number of rotatable bonds is 2. The fraction of sp³-hybridized carbons (Fsp3) is 0.294. The molecule has 0 radical (unpaired) electrons. The Kier molecular flexibility index (Phi) is 6.40. The molecule has 1 aliphatic heterocycles. The van der Waals surface area contributed by atoms with E-state index in [1.165, 1.54) is 5.56 Å². The highest BCUT2D eigenvalue weighted by atomic mass is 79.9.